The van der Waals surface area contributed by atoms with Crippen LogP contribution in [-0.4, -0.2) is 40.6 Å². The lowest BCUT2D eigenvalue weighted by Gasteiger charge is -2.57. The third-order valence-corrected chi connectivity index (χ3v) is 9.54. The van der Waals surface area contributed by atoms with Crippen molar-refractivity contribution < 1.29 is 24.5 Å². The molecule has 0 unspecified atom stereocenters. The summed E-state index contributed by atoms with van der Waals surface area (Å²) in [6.07, 6.45) is 4.24. The Morgan fingerprint density at radius 3 is 2.62 bits per heavy atom. The Hall–Kier alpha value is -1.59. The lowest BCUT2D eigenvalue weighted by molar-refractivity contribution is -0.219. The van der Waals surface area contributed by atoms with Crippen LogP contribution < -0.4 is 4.74 Å². The van der Waals surface area contributed by atoms with Gasteiger partial charge < -0.3 is 19.7 Å². The molecule has 2 bridgehead atoms. The minimum absolute atomic E-state index is 0.267. The molecule has 2 N–H and O–H groups in total. The average molecular weight is 401 g/mol. The van der Waals surface area contributed by atoms with Gasteiger partial charge in [-0.3, -0.25) is 4.79 Å². The monoisotopic (exact) mass is 400 g/mol. The van der Waals surface area contributed by atoms with Crippen molar-refractivity contribution in [2.24, 2.45) is 16.7 Å². The summed E-state index contributed by atoms with van der Waals surface area (Å²) in [7, 11) is 1.70. The number of methoxy groups -OCH3 is 1. The number of aliphatic hydroxyl groups is 2. The van der Waals surface area contributed by atoms with E-state index in [2.05, 4.69) is 19.1 Å². The number of carbonyl (C=O) groups is 1. The zero-order valence-corrected chi connectivity index (χ0v) is 17.8. The quantitative estimate of drug-likeness (QED) is 0.745. The Morgan fingerprint density at radius 1 is 1.17 bits per heavy atom. The zero-order chi connectivity index (χ0) is 20.8. The Morgan fingerprint density at radius 2 is 1.93 bits per heavy atom. The molecule has 158 valence electrons. The molecular weight excluding hydrogens is 368 g/mol. The van der Waals surface area contributed by atoms with Crippen LogP contribution in [0.5, 0.6) is 5.75 Å². The van der Waals surface area contributed by atoms with E-state index >= 15 is 0 Å². The van der Waals surface area contributed by atoms with Crippen molar-refractivity contribution in [2.45, 2.75) is 82.5 Å². The van der Waals surface area contributed by atoms with E-state index in [1.807, 2.05) is 6.07 Å². The Kier molecular flexibility index (Phi) is 3.85. The molecule has 0 aromatic heterocycles. The van der Waals surface area contributed by atoms with Gasteiger partial charge in [0.1, 0.15) is 17.0 Å². The molecule has 29 heavy (non-hydrogen) atoms. The number of aliphatic hydroxyl groups excluding tert-OH is 1. The Labute approximate surface area is 172 Å². The summed E-state index contributed by atoms with van der Waals surface area (Å²) in [5, 5.41) is 23.1. The van der Waals surface area contributed by atoms with Gasteiger partial charge in [-0.2, -0.15) is 0 Å². The summed E-state index contributed by atoms with van der Waals surface area (Å²) in [6.45, 7) is 5.25. The largest absolute Gasteiger partial charge is 0.497 e. The highest BCUT2D eigenvalue weighted by atomic mass is 16.6. The van der Waals surface area contributed by atoms with E-state index in [1.54, 1.807) is 14.0 Å². The molecule has 0 heterocycles. The second kappa shape index (κ2) is 5.76. The maximum absolute atomic E-state index is 12.1. The number of hydrogen-bond acceptors (Lipinski definition) is 5. The average Bonchev–Trinajstić information content (AvgIpc) is 3.01. The SMILES string of the molecule is COc1ccc2c(c1)CC[C@@H]1[C@@H]2CC[C@@]2(C)[C@]13CC[C@]2(OC(C)=O)[C@@](C)(O)[C@H]3O. The van der Waals surface area contributed by atoms with Crippen LogP contribution in [0.1, 0.15) is 69.9 Å². The van der Waals surface area contributed by atoms with E-state index in [1.165, 1.54) is 18.1 Å². The van der Waals surface area contributed by atoms with Crippen molar-refractivity contribution in [1.82, 2.24) is 0 Å². The number of carbonyl (C=O) groups excluding carboxylic acids is 1. The highest BCUT2D eigenvalue weighted by Gasteiger charge is 2.86. The number of fused-ring (bicyclic) bond motifs is 3. The van der Waals surface area contributed by atoms with Gasteiger partial charge >= 0.3 is 5.97 Å². The highest BCUT2D eigenvalue weighted by Crippen LogP contribution is 2.80. The van der Waals surface area contributed by atoms with Crippen LogP contribution in [0.4, 0.5) is 0 Å². The van der Waals surface area contributed by atoms with Crippen LogP contribution in [-0.2, 0) is 16.0 Å². The standard InChI is InChI=1S/C24H32O5/c1-14(25)29-24-12-11-23(20(26)22(24,3)27)19-8-5-15-13-16(28-4)6-7-17(15)18(19)9-10-21(23,24)2/h6-7,13,18-20,26-27H,5,8-12H2,1-4H3/t18-,19-,20-,21+,22+,23-,24-/m1/s1. The molecule has 5 rings (SSSR count). The lowest BCUT2D eigenvalue weighted by atomic mass is 9.47. The molecule has 5 heteroatoms. The first-order chi connectivity index (χ1) is 13.6. The van der Waals surface area contributed by atoms with Crippen LogP contribution in [0.3, 0.4) is 0 Å². The fourth-order valence-corrected chi connectivity index (χ4v) is 8.46. The minimum Gasteiger partial charge on any atom is -0.497 e. The van der Waals surface area contributed by atoms with Gasteiger partial charge in [-0.25, -0.2) is 0 Å². The number of benzene rings is 1. The van der Waals surface area contributed by atoms with Crippen molar-refractivity contribution in [3.63, 3.8) is 0 Å². The molecule has 1 aromatic rings. The first-order valence-corrected chi connectivity index (χ1v) is 10.9. The van der Waals surface area contributed by atoms with Crippen LogP contribution in [0.15, 0.2) is 18.2 Å². The van der Waals surface area contributed by atoms with Crippen molar-refractivity contribution in [1.29, 1.82) is 0 Å². The van der Waals surface area contributed by atoms with Crippen molar-refractivity contribution in [3.8, 4) is 5.75 Å². The summed E-state index contributed by atoms with van der Waals surface area (Å²) in [5.74, 6) is 1.14. The topological polar surface area (TPSA) is 76.0 Å². The van der Waals surface area contributed by atoms with E-state index in [-0.39, 0.29) is 11.9 Å². The maximum Gasteiger partial charge on any atom is 0.303 e. The second-order valence-electron chi connectivity index (χ2n) is 10.2. The van der Waals surface area contributed by atoms with Gasteiger partial charge in [0.25, 0.3) is 0 Å². The Balaban J connectivity index is 1.64. The molecule has 5 nitrogen and oxygen atoms in total. The molecule has 0 radical (unpaired) electrons. The first kappa shape index (κ1) is 19.4. The zero-order valence-electron chi connectivity index (χ0n) is 17.8. The second-order valence-corrected chi connectivity index (χ2v) is 10.2. The van der Waals surface area contributed by atoms with Crippen molar-refractivity contribution in [2.75, 3.05) is 7.11 Å². The molecule has 1 aromatic carbocycles. The summed E-state index contributed by atoms with van der Waals surface area (Å²) >= 11 is 0. The van der Waals surface area contributed by atoms with Crippen LogP contribution >= 0.6 is 0 Å². The van der Waals surface area contributed by atoms with Gasteiger partial charge in [-0.1, -0.05) is 13.0 Å². The fraction of sp³-hybridized carbons (Fsp3) is 0.708. The number of esters is 1. The number of ether oxygens (including phenoxy) is 2. The Bertz CT molecular complexity index is 878. The predicted molar refractivity (Wildman–Crippen MR) is 108 cm³/mol. The fourth-order valence-electron chi connectivity index (χ4n) is 8.46. The molecule has 4 aliphatic rings. The number of aryl methyl sites for hydroxylation is 1. The van der Waals surface area contributed by atoms with Crippen LogP contribution in [0.25, 0.3) is 0 Å². The summed E-state index contributed by atoms with van der Waals surface area (Å²) < 4.78 is 11.4. The normalized spacial score (nSPS) is 47.2. The molecule has 3 saturated carbocycles. The summed E-state index contributed by atoms with van der Waals surface area (Å²) in [5.41, 5.74) is -0.625. The van der Waals surface area contributed by atoms with E-state index in [9.17, 15) is 15.0 Å². The van der Waals surface area contributed by atoms with E-state index in [0.29, 0.717) is 12.3 Å². The number of hydrogen-bond donors (Lipinski definition) is 2. The molecule has 0 saturated heterocycles. The molecule has 3 fully saturated rings. The summed E-state index contributed by atoms with van der Waals surface area (Å²) in [6, 6.07) is 6.37. The van der Waals surface area contributed by atoms with Crippen molar-refractivity contribution >= 4 is 5.97 Å². The molecular formula is C24H32O5. The van der Waals surface area contributed by atoms with Gasteiger partial charge in [0.15, 0.2) is 0 Å². The van der Waals surface area contributed by atoms with Crippen molar-refractivity contribution in [3.05, 3.63) is 29.3 Å². The van der Waals surface area contributed by atoms with Gasteiger partial charge in [-0.05, 0) is 80.5 Å². The maximum atomic E-state index is 12.1. The van der Waals surface area contributed by atoms with Gasteiger partial charge in [0.2, 0.25) is 0 Å². The molecule has 4 aliphatic carbocycles. The molecule has 0 aliphatic heterocycles. The third-order valence-electron chi connectivity index (χ3n) is 9.54. The van der Waals surface area contributed by atoms with Gasteiger partial charge in [0.05, 0.1) is 13.2 Å². The van der Waals surface area contributed by atoms with Crippen LogP contribution in [0.2, 0.25) is 0 Å². The summed E-state index contributed by atoms with van der Waals surface area (Å²) in [4.78, 5) is 12.1. The third kappa shape index (κ3) is 1.97. The van der Waals surface area contributed by atoms with Gasteiger partial charge in [-0.15, -0.1) is 0 Å². The van der Waals surface area contributed by atoms with E-state index in [0.717, 1.165) is 37.9 Å². The lowest BCUT2D eigenvalue weighted by Crippen LogP contribution is -2.60. The highest BCUT2D eigenvalue weighted by molar-refractivity contribution is 5.67. The number of rotatable bonds is 2. The molecule has 7 atom stereocenters. The van der Waals surface area contributed by atoms with E-state index in [4.69, 9.17) is 9.47 Å². The minimum atomic E-state index is -1.44. The first-order valence-electron chi connectivity index (χ1n) is 10.9. The predicted octanol–water partition coefficient (Wildman–Crippen LogP) is 3.35. The van der Waals surface area contributed by atoms with E-state index < -0.39 is 28.1 Å². The molecule has 0 amide bonds. The van der Waals surface area contributed by atoms with Gasteiger partial charge in [0, 0.05) is 17.8 Å². The smallest absolute Gasteiger partial charge is 0.303 e. The van der Waals surface area contributed by atoms with Crippen LogP contribution in [0, 0.1) is 16.7 Å². The molecule has 0 spiro atoms.